The number of carbonyl (C=O) groups is 1. The van der Waals surface area contributed by atoms with Crippen LogP contribution in [0.2, 0.25) is 0 Å². The van der Waals surface area contributed by atoms with E-state index in [1.54, 1.807) is 14.2 Å². The van der Waals surface area contributed by atoms with Gasteiger partial charge in [-0.05, 0) is 49.7 Å². The Hall–Kier alpha value is -2.51. The highest BCUT2D eigenvalue weighted by Crippen LogP contribution is 2.29. The van der Waals surface area contributed by atoms with Crippen LogP contribution in [0.5, 0.6) is 5.75 Å². The monoisotopic (exact) mass is 426 g/mol. The third kappa shape index (κ3) is 4.72. The van der Waals surface area contributed by atoms with Crippen molar-refractivity contribution >= 4 is 11.6 Å². The van der Waals surface area contributed by atoms with Crippen molar-refractivity contribution in [3.63, 3.8) is 0 Å². The van der Waals surface area contributed by atoms with Gasteiger partial charge >= 0.3 is 0 Å². The van der Waals surface area contributed by atoms with Crippen LogP contribution in [0.1, 0.15) is 35.0 Å². The number of carbonyl (C=O) groups excluding carboxylic acids is 1. The van der Waals surface area contributed by atoms with Gasteiger partial charge < -0.3 is 23.8 Å². The fourth-order valence-corrected chi connectivity index (χ4v) is 4.76. The van der Waals surface area contributed by atoms with E-state index in [-0.39, 0.29) is 12.0 Å². The maximum Gasteiger partial charge on any atom is 0.255 e. The lowest BCUT2D eigenvalue weighted by molar-refractivity contribution is 0.0689. The van der Waals surface area contributed by atoms with Crippen LogP contribution in [-0.4, -0.2) is 80.3 Å². The van der Waals surface area contributed by atoms with Crippen molar-refractivity contribution in [2.75, 3.05) is 64.9 Å². The third-order valence-electron chi connectivity index (χ3n) is 6.60. The number of piperazine rings is 1. The average Bonchev–Trinajstić information content (AvgIpc) is 3.13. The first-order chi connectivity index (χ1) is 15.1. The van der Waals surface area contributed by atoms with E-state index in [1.807, 2.05) is 40.9 Å². The first-order valence-electron chi connectivity index (χ1n) is 11.2. The number of rotatable bonds is 7. The van der Waals surface area contributed by atoms with Gasteiger partial charge in [-0.2, -0.15) is 0 Å². The lowest BCUT2D eigenvalue weighted by Gasteiger charge is -2.36. The van der Waals surface area contributed by atoms with Gasteiger partial charge in [-0.25, -0.2) is 0 Å². The number of hydrogen-bond donors (Lipinski definition) is 0. The molecule has 1 atom stereocenters. The van der Waals surface area contributed by atoms with Crippen molar-refractivity contribution in [3.05, 3.63) is 47.8 Å². The van der Waals surface area contributed by atoms with E-state index in [2.05, 4.69) is 21.9 Å². The molecule has 0 bridgehead atoms. The predicted octanol–water partition coefficient (Wildman–Crippen LogP) is 2.78. The molecule has 0 spiro atoms. The molecule has 168 valence electrons. The topological polar surface area (TPSA) is 50.2 Å². The van der Waals surface area contributed by atoms with Gasteiger partial charge in [0.05, 0.1) is 24.5 Å². The molecule has 1 saturated heterocycles. The van der Waals surface area contributed by atoms with Crippen LogP contribution in [-0.2, 0) is 11.8 Å². The molecule has 7 heteroatoms. The van der Waals surface area contributed by atoms with Gasteiger partial charge in [0, 0.05) is 65.3 Å². The second-order valence-corrected chi connectivity index (χ2v) is 8.41. The first kappa shape index (κ1) is 21.7. The number of ether oxygens (including phenoxy) is 2. The minimum absolute atomic E-state index is 0.0185. The first-order valence-corrected chi connectivity index (χ1v) is 11.2. The summed E-state index contributed by atoms with van der Waals surface area (Å²) in [5.74, 6) is 1.03. The lowest BCUT2D eigenvalue weighted by atomic mass is 10.1. The number of nitrogens with zero attached hydrogens (tertiary/aromatic N) is 4. The molecule has 7 nitrogen and oxygen atoms in total. The summed E-state index contributed by atoms with van der Waals surface area (Å²) >= 11 is 0. The van der Waals surface area contributed by atoms with E-state index in [4.69, 9.17) is 9.47 Å². The Bertz CT molecular complexity index is 871. The Morgan fingerprint density at radius 3 is 2.39 bits per heavy atom. The molecule has 0 saturated carbocycles. The van der Waals surface area contributed by atoms with E-state index >= 15 is 0 Å². The normalized spacial score (nSPS) is 20.0. The minimum Gasteiger partial charge on any atom is -0.497 e. The number of aryl methyl sites for hydroxylation is 1. The van der Waals surface area contributed by atoms with E-state index in [0.717, 1.165) is 75.7 Å². The van der Waals surface area contributed by atoms with Gasteiger partial charge in [0.15, 0.2) is 0 Å². The highest BCUT2D eigenvalue weighted by molar-refractivity contribution is 5.96. The van der Waals surface area contributed by atoms with Gasteiger partial charge in [0.25, 0.3) is 5.91 Å². The zero-order valence-electron chi connectivity index (χ0n) is 18.9. The Kier molecular flexibility index (Phi) is 6.83. The number of benzene rings is 1. The fourth-order valence-electron chi connectivity index (χ4n) is 4.76. The number of amides is 1. The molecule has 2 aromatic rings. The molecule has 0 N–H and O–H groups in total. The molecule has 1 amide bonds. The number of hydrogen-bond acceptors (Lipinski definition) is 5. The van der Waals surface area contributed by atoms with E-state index < -0.39 is 0 Å². The molecule has 1 aromatic heterocycles. The third-order valence-corrected chi connectivity index (χ3v) is 6.60. The van der Waals surface area contributed by atoms with Gasteiger partial charge in [-0.1, -0.05) is 0 Å². The van der Waals surface area contributed by atoms with Gasteiger partial charge in [0.2, 0.25) is 0 Å². The lowest BCUT2D eigenvalue weighted by Crippen LogP contribution is -2.47. The summed E-state index contributed by atoms with van der Waals surface area (Å²) in [4.78, 5) is 20.0. The largest absolute Gasteiger partial charge is 0.497 e. The molecular formula is C24H34N4O3. The summed E-state index contributed by atoms with van der Waals surface area (Å²) in [6.07, 6.45) is 3.78. The van der Waals surface area contributed by atoms with Crippen LogP contribution in [0.3, 0.4) is 0 Å². The summed E-state index contributed by atoms with van der Waals surface area (Å²) in [7, 11) is 5.41. The molecule has 4 rings (SSSR count). The van der Waals surface area contributed by atoms with Crippen molar-refractivity contribution in [1.82, 2.24) is 14.4 Å². The summed E-state index contributed by atoms with van der Waals surface area (Å²) in [6, 6.07) is 10.2. The zero-order valence-corrected chi connectivity index (χ0v) is 18.9. The molecule has 2 aliphatic heterocycles. The van der Waals surface area contributed by atoms with E-state index in [9.17, 15) is 4.79 Å². The molecule has 1 aromatic carbocycles. The molecule has 2 aliphatic rings. The standard InChI is InChI=1S/C24H34N4O3/c1-25-13-9-21-23(25)22(31-3)10-14-28(24(21)29)12-4-11-26-15-17-27(18-16-26)19-5-7-20(30-2)8-6-19/h5-9,13,22H,4,10-12,14-18H2,1-3H3. The summed E-state index contributed by atoms with van der Waals surface area (Å²) in [5, 5.41) is 0. The molecule has 0 aliphatic carbocycles. The maximum atomic E-state index is 13.1. The molecular weight excluding hydrogens is 392 g/mol. The molecule has 0 radical (unpaired) electrons. The SMILES string of the molecule is COc1ccc(N2CCN(CCCN3CCC(OC)c4c(ccn4C)C3=O)CC2)cc1. The highest BCUT2D eigenvalue weighted by Gasteiger charge is 2.30. The van der Waals surface area contributed by atoms with Crippen LogP contribution in [0, 0.1) is 0 Å². The summed E-state index contributed by atoms with van der Waals surface area (Å²) < 4.78 is 12.9. The predicted molar refractivity (Wildman–Crippen MR) is 122 cm³/mol. The Morgan fingerprint density at radius 2 is 1.71 bits per heavy atom. The van der Waals surface area contributed by atoms with Crippen molar-refractivity contribution in [2.24, 2.45) is 7.05 Å². The second-order valence-electron chi connectivity index (χ2n) is 8.41. The van der Waals surface area contributed by atoms with Gasteiger partial charge in [0.1, 0.15) is 5.75 Å². The highest BCUT2D eigenvalue weighted by atomic mass is 16.5. The van der Waals surface area contributed by atoms with Gasteiger partial charge in [-0.3, -0.25) is 9.69 Å². The summed E-state index contributed by atoms with van der Waals surface area (Å²) in [5.41, 5.74) is 3.05. The Balaban J connectivity index is 1.26. The average molecular weight is 427 g/mol. The molecule has 31 heavy (non-hydrogen) atoms. The number of fused-ring (bicyclic) bond motifs is 1. The number of aromatic nitrogens is 1. The van der Waals surface area contributed by atoms with Crippen LogP contribution in [0.15, 0.2) is 36.5 Å². The van der Waals surface area contributed by atoms with Crippen molar-refractivity contribution < 1.29 is 14.3 Å². The Morgan fingerprint density at radius 1 is 0.968 bits per heavy atom. The van der Waals surface area contributed by atoms with Crippen molar-refractivity contribution in [2.45, 2.75) is 18.9 Å². The van der Waals surface area contributed by atoms with Crippen molar-refractivity contribution in [3.8, 4) is 5.75 Å². The van der Waals surface area contributed by atoms with E-state index in [0.29, 0.717) is 0 Å². The quantitative estimate of drug-likeness (QED) is 0.682. The smallest absolute Gasteiger partial charge is 0.255 e. The summed E-state index contributed by atoms with van der Waals surface area (Å²) in [6.45, 7) is 6.72. The number of methoxy groups -OCH3 is 2. The van der Waals surface area contributed by atoms with Crippen LogP contribution < -0.4 is 9.64 Å². The fraction of sp³-hybridized carbons (Fsp3) is 0.542. The van der Waals surface area contributed by atoms with Crippen molar-refractivity contribution in [1.29, 1.82) is 0 Å². The molecule has 1 fully saturated rings. The molecule has 3 heterocycles. The second kappa shape index (κ2) is 9.75. The maximum absolute atomic E-state index is 13.1. The van der Waals surface area contributed by atoms with Crippen LogP contribution in [0.25, 0.3) is 0 Å². The zero-order chi connectivity index (χ0) is 21.8. The van der Waals surface area contributed by atoms with E-state index in [1.165, 1.54) is 5.69 Å². The minimum atomic E-state index is -0.0185. The van der Waals surface area contributed by atoms with Gasteiger partial charge in [-0.15, -0.1) is 0 Å². The van der Waals surface area contributed by atoms with Crippen LogP contribution >= 0.6 is 0 Å². The van der Waals surface area contributed by atoms with Crippen LogP contribution in [0.4, 0.5) is 5.69 Å². The number of anilines is 1. The molecule has 1 unspecified atom stereocenters. The Labute approximate surface area is 185 Å².